The summed E-state index contributed by atoms with van der Waals surface area (Å²) in [5.74, 6) is 1.55. The summed E-state index contributed by atoms with van der Waals surface area (Å²) in [6, 6.07) is 19.1. The van der Waals surface area contributed by atoms with Crippen molar-refractivity contribution in [3.05, 3.63) is 70.8 Å². The van der Waals surface area contributed by atoms with Crippen LogP contribution in [-0.2, 0) is 5.41 Å². The summed E-state index contributed by atoms with van der Waals surface area (Å²) < 4.78 is 1.25. The number of hydrogen-bond acceptors (Lipinski definition) is 0. The van der Waals surface area contributed by atoms with Crippen LogP contribution in [0.25, 0.3) is 21.9 Å². The summed E-state index contributed by atoms with van der Waals surface area (Å²) in [4.78, 5) is 0. The molecule has 4 rings (SSSR count). The lowest BCUT2D eigenvalue weighted by molar-refractivity contribution is 0.273. The maximum absolute atomic E-state index is 2.59. The molecule has 0 amide bonds. The molecule has 1 heteroatoms. The van der Waals surface area contributed by atoms with Crippen LogP contribution in [0.4, 0.5) is 0 Å². The standard InChI is InChI=1S/C33H43I/c1-6-9-12-25(7-2)21-33(22-26(8-3)17-18-34)30-19-23(4)15-16-29(30)32-28-14-11-10-13-27(28)24(5)20-31(32)33/h10-11,13-16,19-20,25-26H,6-9,12,17-18,21-22H2,1-5H3. The van der Waals surface area contributed by atoms with Gasteiger partial charge in [-0.3, -0.25) is 0 Å². The van der Waals surface area contributed by atoms with Crippen molar-refractivity contribution >= 4 is 33.4 Å². The van der Waals surface area contributed by atoms with E-state index in [1.54, 1.807) is 11.1 Å². The van der Waals surface area contributed by atoms with Gasteiger partial charge in [-0.05, 0) is 88.0 Å². The molecule has 34 heavy (non-hydrogen) atoms. The van der Waals surface area contributed by atoms with Gasteiger partial charge in [-0.1, -0.05) is 130 Å². The Labute approximate surface area is 222 Å². The topological polar surface area (TPSA) is 0 Å². The average molecular weight is 567 g/mol. The second-order valence-corrected chi connectivity index (χ2v) is 11.9. The number of aryl methyl sites for hydroxylation is 2. The molecule has 0 nitrogen and oxygen atoms in total. The van der Waals surface area contributed by atoms with Gasteiger partial charge in [-0.25, -0.2) is 0 Å². The normalized spacial score (nSPS) is 18.6. The Bertz CT molecular complexity index is 1130. The number of unbranched alkanes of at least 4 members (excludes halogenated alkanes) is 1. The molecule has 0 N–H and O–H groups in total. The zero-order chi connectivity index (χ0) is 24.3. The maximum Gasteiger partial charge on any atom is 0.0220 e. The van der Waals surface area contributed by atoms with Gasteiger partial charge in [0, 0.05) is 5.41 Å². The fraction of sp³-hybridized carbons (Fsp3) is 0.515. The lowest BCUT2D eigenvalue weighted by Gasteiger charge is -2.39. The number of benzene rings is 3. The second-order valence-electron chi connectivity index (χ2n) is 10.9. The first-order valence-electron chi connectivity index (χ1n) is 13.7. The minimum absolute atomic E-state index is 0.131. The molecule has 0 saturated carbocycles. The van der Waals surface area contributed by atoms with Gasteiger partial charge in [-0.2, -0.15) is 0 Å². The first kappa shape index (κ1) is 25.7. The van der Waals surface area contributed by atoms with E-state index in [-0.39, 0.29) is 5.41 Å². The summed E-state index contributed by atoms with van der Waals surface area (Å²) in [5, 5.41) is 2.87. The molecule has 3 atom stereocenters. The molecule has 3 aromatic rings. The third-order valence-corrected chi connectivity index (χ3v) is 9.26. The number of alkyl halides is 1. The van der Waals surface area contributed by atoms with Gasteiger partial charge < -0.3 is 0 Å². The average Bonchev–Trinajstić information content (AvgIpc) is 3.10. The molecule has 0 bridgehead atoms. The van der Waals surface area contributed by atoms with E-state index >= 15 is 0 Å². The van der Waals surface area contributed by atoms with Crippen LogP contribution in [0.1, 0.15) is 94.4 Å². The van der Waals surface area contributed by atoms with Crippen molar-refractivity contribution in [1.29, 1.82) is 0 Å². The number of fused-ring (bicyclic) bond motifs is 5. The van der Waals surface area contributed by atoms with Gasteiger partial charge in [0.25, 0.3) is 0 Å². The predicted octanol–water partition coefficient (Wildman–Crippen LogP) is 10.6. The van der Waals surface area contributed by atoms with E-state index in [4.69, 9.17) is 0 Å². The van der Waals surface area contributed by atoms with Crippen molar-refractivity contribution in [2.45, 2.75) is 91.4 Å². The number of halogens is 1. The van der Waals surface area contributed by atoms with Crippen LogP contribution in [0.15, 0.2) is 48.5 Å². The molecule has 3 unspecified atom stereocenters. The fourth-order valence-corrected chi connectivity index (χ4v) is 7.58. The van der Waals surface area contributed by atoms with Gasteiger partial charge in [0.05, 0.1) is 0 Å². The maximum atomic E-state index is 2.59. The summed E-state index contributed by atoms with van der Waals surface area (Å²) in [6.07, 6.45) is 10.5. The van der Waals surface area contributed by atoms with Crippen LogP contribution in [0.3, 0.4) is 0 Å². The fourth-order valence-electron chi connectivity index (χ4n) is 6.70. The highest BCUT2D eigenvalue weighted by atomic mass is 127. The molecular weight excluding hydrogens is 523 g/mol. The van der Waals surface area contributed by atoms with Crippen LogP contribution >= 0.6 is 22.6 Å². The van der Waals surface area contributed by atoms with Crippen molar-refractivity contribution in [2.24, 2.45) is 11.8 Å². The van der Waals surface area contributed by atoms with E-state index in [0.29, 0.717) is 0 Å². The monoisotopic (exact) mass is 566 g/mol. The predicted molar refractivity (Wildman–Crippen MR) is 159 cm³/mol. The third kappa shape index (κ3) is 4.71. The highest BCUT2D eigenvalue weighted by Gasteiger charge is 2.46. The minimum Gasteiger partial charge on any atom is -0.0864 e. The van der Waals surface area contributed by atoms with Crippen molar-refractivity contribution in [3.63, 3.8) is 0 Å². The SMILES string of the molecule is CCCCC(CC)CC1(CC(CC)CCI)c2cc(C)ccc2-c2c1cc(C)c1ccccc21. The van der Waals surface area contributed by atoms with Gasteiger partial charge >= 0.3 is 0 Å². The molecule has 1 aliphatic rings. The highest BCUT2D eigenvalue weighted by molar-refractivity contribution is 14.1. The Morgan fingerprint density at radius 2 is 1.47 bits per heavy atom. The quantitative estimate of drug-likeness (QED) is 0.160. The second kappa shape index (κ2) is 11.1. The van der Waals surface area contributed by atoms with Gasteiger partial charge in [0.1, 0.15) is 0 Å². The Kier molecular flexibility index (Phi) is 8.44. The molecule has 0 heterocycles. The van der Waals surface area contributed by atoms with Crippen LogP contribution < -0.4 is 0 Å². The molecule has 0 radical (unpaired) electrons. The van der Waals surface area contributed by atoms with Gasteiger partial charge in [0.2, 0.25) is 0 Å². The third-order valence-electron chi connectivity index (χ3n) is 8.64. The van der Waals surface area contributed by atoms with Crippen molar-refractivity contribution in [2.75, 3.05) is 4.43 Å². The van der Waals surface area contributed by atoms with E-state index in [2.05, 4.69) is 106 Å². The minimum atomic E-state index is 0.131. The Morgan fingerprint density at radius 1 is 0.794 bits per heavy atom. The Hall–Kier alpha value is -1.35. The van der Waals surface area contributed by atoms with E-state index in [0.717, 1.165) is 11.8 Å². The molecule has 0 saturated heterocycles. The zero-order valence-corrected chi connectivity index (χ0v) is 24.2. The highest BCUT2D eigenvalue weighted by Crippen LogP contribution is 2.58. The zero-order valence-electron chi connectivity index (χ0n) is 22.0. The van der Waals surface area contributed by atoms with Crippen LogP contribution in [0, 0.1) is 25.7 Å². The summed E-state index contributed by atoms with van der Waals surface area (Å²) in [7, 11) is 0. The first-order chi connectivity index (χ1) is 16.5. The van der Waals surface area contributed by atoms with Crippen molar-refractivity contribution < 1.29 is 0 Å². The van der Waals surface area contributed by atoms with Gasteiger partial charge in [-0.15, -0.1) is 0 Å². The Morgan fingerprint density at radius 3 is 2.12 bits per heavy atom. The van der Waals surface area contributed by atoms with E-state index in [9.17, 15) is 0 Å². The van der Waals surface area contributed by atoms with Crippen LogP contribution in [0.5, 0.6) is 0 Å². The number of rotatable bonds is 11. The van der Waals surface area contributed by atoms with Crippen molar-refractivity contribution in [3.8, 4) is 11.1 Å². The van der Waals surface area contributed by atoms with Crippen molar-refractivity contribution in [1.82, 2.24) is 0 Å². The molecule has 0 fully saturated rings. The van der Waals surface area contributed by atoms with Gasteiger partial charge in [0.15, 0.2) is 0 Å². The van der Waals surface area contributed by atoms with E-state index in [1.165, 1.54) is 88.8 Å². The Balaban J connectivity index is 2.01. The number of hydrogen-bond donors (Lipinski definition) is 0. The van der Waals surface area contributed by atoms with E-state index in [1.807, 2.05) is 0 Å². The molecule has 0 aliphatic heterocycles. The largest absolute Gasteiger partial charge is 0.0864 e. The lowest BCUT2D eigenvalue weighted by Crippen LogP contribution is -2.32. The molecule has 0 aromatic heterocycles. The summed E-state index contributed by atoms with van der Waals surface area (Å²) in [5.41, 5.74) is 9.27. The van der Waals surface area contributed by atoms with Crippen LogP contribution in [-0.4, -0.2) is 4.43 Å². The lowest BCUT2D eigenvalue weighted by atomic mass is 9.65. The van der Waals surface area contributed by atoms with Crippen LogP contribution in [0.2, 0.25) is 0 Å². The molecular formula is C33H43I. The molecule has 3 aromatic carbocycles. The smallest absolute Gasteiger partial charge is 0.0220 e. The molecule has 1 aliphatic carbocycles. The van der Waals surface area contributed by atoms with E-state index < -0.39 is 0 Å². The summed E-state index contributed by atoms with van der Waals surface area (Å²) in [6.45, 7) is 11.8. The first-order valence-corrected chi connectivity index (χ1v) is 15.2. The molecule has 182 valence electrons. The summed E-state index contributed by atoms with van der Waals surface area (Å²) >= 11 is 2.59. The molecule has 0 spiro atoms.